The topological polar surface area (TPSA) is 81.2 Å². The Labute approximate surface area is 175 Å². The number of carbonyl (C=O) groups is 4. The Kier molecular flexibility index (Phi) is 4.72. The van der Waals surface area contributed by atoms with E-state index in [-0.39, 0.29) is 23.6 Å². The molecule has 0 unspecified atom stereocenters. The fraction of sp³-hybridized carbons (Fsp3) is 0.545. The largest absolute Gasteiger partial charge is 0.310 e. The van der Waals surface area contributed by atoms with Gasteiger partial charge in [-0.15, -0.1) is 0 Å². The Morgan fingerprint density at radius 3 is 0.833 bits per heavy atom. The van der Waals surface area contributed by atoms with E-state index in [9.17, 15) is 19.2 Å². The highest BCUT2D eigenvalue weighted by atomic mass is 16.2. The van der Waals surface area contributed by atoms with Gasteiger partial charge in [-0.25, -0.2) is 0 Å². The number of carbonyl (C=O) groups excluding carboxylic acids is 4. The van der Waals surface area contributed by atoms with Crippen LogP contribution in [-0.2, 0) is 19.2 Å². The van der Waals surface area contributed by atoms with E-state index in [1.807, 2.05) is 12.1 Å². The van der Waals surface area contributed by atoms with Crippen molar-refractivity contribution in [3.63, 3.8) is 0 Å². The van der Waals surface area contributed by atoms with Gasteiger partial charge in [0.05, 0.1) is 22.7 Å². The summed E-state index contributed by atoms with van der Waals surface area (Å²) < 4.78 is 0. The highest BCUT2D eigenvalue weighted by molar-refractivity contribution is 6.10. The van der Waals surface area contributed by atoms with E-state index in [4.69, 9.17) is 0 Å². The second kappa shape index (κ2) is 7.41. The molecular weight excluding hydrogens is 384 g/mol. The summed E-state index contributed by atoms with van der Waals surface area (Å²) in [5.74, 6) is 0.136. The van der Waals surface area contributed by atoms with Crippen LogP contribution in [0.25, 0.3) is 0 Å². The van der Waals surface area contributed by atoms with Crippen LogP contribution in [0.15, 0.2) is 12.1 Å². The monoisotopic (exact) mass is 410 g/mol. The number of hydrogen-bond acceptors (Lipinski definition) is 4. The van der Waals surface area contributed by atoms with Crippen LogP contribution >= 0.6 is 0 Å². The molecule has 30 heavy (non-hydrogen) atoms. The molecule has 0 atom stereocenters. The van der Waals surface area contributed by atoms with Crippen molar-refractivity contribution in [1.29, 1.82) is 0 Å². The Balaban J connectivity index is 1.70. The van der Waals surface area contributed by atoms with Crippen LogP contribution in [0.3, 0.4) is 0 Å². The molecule has 4 saturated heterocycles. The second-order valence-corrected chi connectivity index (χ2v) is 8.43. The first-order valence-corrected chi connectivity index (χ1v) is 10.9. The van der Waals surface area contributed by atoms with Crippen LogP contribution in [0.4, 0.5) is 22.7 Å². The summed E-state index contributed by atoms with van der Waals surface area (Å²) in [7, 11) is 0. The molecule has 4 aliphatic rings. The Hall–Kier alpha value is -2.90. The standard InChI is InChI=1S/C22H26N4O4/c27-19-5-1-9-23(19)15-13-17(25-11-3-7-21(25)29)18(26-12-4-8-22(26)30)14-16(15)24-10-2-6-20(24)28/h13-14H,1-12H2. The molecule has 1 aromatic rings. The lowest BCUT2D eigenvalue weighted by atomic mass is 10.1. The van der Waals surface area contributed by atoms with E-state index in [0.717, 1.165) is 25.7 Å². The van der Waals surface area contributed by atoms with Crippen molar-refractivity contribution in [2.24, 2.45) is 0 Å². The first kappa shape index (κ1) is 19.1. The molecule has 4 aliphatic heterocycles. The molecule has 4 amide bonds. The van der Waals surface area contributed by atoms with Gasteiger partial charge in [0.25, 0.3) is 0 Å². The average Bonchev–Trinajstić information content (AvgIpc) is 3.51. The maximum Gasteiger partial charge on any atom is 0.227 e. The van der Waals surface area contributed by atoms with Crippen LogP contribution in [0, 0.1) is 0 Å². The minimum atomic E-state index is 0.0339. The van der Waals surface area contributed by atoms with Crippen molar-refractivity contribution in [3.8, 4) is 0 Å². The molecule has 4 heterocycles. The van der Waals surface area contributed by atoms with Gasteiger partial charge < -0.3 is 19.6 Å². The molecule has 0 N–H and O–H groups in total. The van der Waals surface area contributed by atoms with Gasteiger partial charge in [-0.2, -0.15) is 0 Å². The number of nitrogens with zero attached hydrogens (tertiary/aromatic N) is 4. The maximum atomic E-state index is 12.6. The summed E-state index contributed by atoms with van der Waals surface area (Å²) in [6, 6.07) is 3.74. The van der Waals surface area contributed by atoms with Gasteiger partial charge in [0.2, 0.25) is 23.6 Å². The summed E-state index contributed by atoms with van der Waals surface area (Å²) in [4.78, 5) is 57.3. The van der Waals surface area contributed by atoms with E-state index >= 15 is 0 Å². The molecule has 158 valence electrons. The van der Waals surface area contributed by atoms with E-state index in [1.165, 1.54) is 0 Å². The Bertz CT molecular complexity index is 797. The van der Waals surface area contributed by atoms with Gasteiger partial charge in [-0.05, 0) is 37.8 Å². The Morgan fingerprint density at radius 1 is 0.433 bits per heavy atom. The third-order valence-electron chi connectivity index (χ3n) is 6.53. The summed E-state index contributed by atoms with van der Waals surface area (Å²) in [6.45, 7) is 2.40. The molecule has 0 spiro atoms. The molecule has 0 saturated carbocycles. The first-order valence-electron chi connectivity index (χ1n) is 10.9. The summed E-state index contributed by atoms with van der Waals surface area (Å²) in [5.41, 5.74) is 2.71. The van der Waals surface area contributed by atoms with Crippen LogP contribution in [-0.4, -0.2) is 49.8 Å². The van der Waals surface area contributed by atoms with Crippen LogP contribution in [0.5, 0.6) is 0 Å². The molecule has 0 bridgehead atoms. The minimum absolute atomic E-state index is 0.0339. The van der Waals surface area contributed by atoms with Crippen LogP contribution in [0.1, 0.15) is 51.4 Å². The van der Waals surface area contributed by atoms with Crippen LogP contribution < -0.4 is 19.6 Å². The van der Waals surface area contributed by atoms with Gasteiger partial charge in [-0.1, -0.05) is 0 Å². The van der Waals surface area contributed by atoms with Crippen molar-refractivity contribution >= 4 is 46.4 Å². The van der Waals surface area contributed by atoms with Crippen molar-refractivity contribution < 1.29 is 19.2 Å². The zero-order valence-electron chi connectivity index (χ0n) is 17.1. The smallest absolute Gasteiger partial charge is 0.227 e. The van der Waals surface area contributed by atoms with Gasteiger partial charge in [-0.3, -0.25) is 19.2 Å². The first-order chi connectivity index (χ1) is 14.5. The lowest BCUT2D eigenvalue weighted by Crippen LogP contribution is -2.33. The third kappa shape index (κ3) is 3.05. The molecule has 0 aliphatic carbocycles. The zero-order chi connectivity index (χ0) is 20.8. The summed E-state index contributed by atoms with van der Waals surface area (Å²) in [5, 5.41) is 0. The second-order valence-electron chi connectivity index (χ2n) is 8.43. The normalized spacial score (nSPS) is 22.4. The van der Waals surface area contributed by atoms with E-state index in [0.29, 0.717) is 74.6 Å². The van der Waals surface area contributed by atoms with Gasteiger partial charge in [0.15, 0.2) is 0 Å². The molecular formula is C22H26N4O4. The fourth-order valence-corrected chi connectivity index (χ4v) is 5.03. The summed E-state index contributed by atoms with van der Waals surface area (Å²) in [6.07, 6.45) is 5.03. The maximum absolute atomic E-state index is 12.6. The van der Waals surface area contributed by atoms with Crippen molar-refractivity contribution in [2.75, 3.05) is 45.8 Å². The predicted molar refractivity (Wildman–Crippen MR) is 113 cm³/mol. The molecule has 8 nitrogen and oxygen atoms in total. The minimum Gasteiger partial charge on any atom is -0.310 e. The van der Waals surface area contributed by atoms with E-state index < -0.39 is 0 Å². The van der Waals surface area contributed by atoms with Crippen LogP contribution in [0.2, 0.25) is 0 Å². The van der Waals surface area contributed by atoms with E-state index in [2.05, 4.69) is 0 Å². The predicted octanol–water partition coefficient (Wildman–Crippen LogP) is 2.19. The van der Waals surface area contributed by atoms with Gasteiger partial charge in [0, 0.05) is 51.9 Å². The highest BCUT2D eigenvalue weighted by Gasteiger charge is 2.35. The SMILES string of the molecule is O=C1CCCN1c1cc(N2CCCC2=O)c(N2CCCC2=O)cc1N1CCCC1=O. The number of amides is 4. The number of benzene rings is 1. The van der Waals surface area contributed by atoms with Gasteiger partial charge in [0.1, 0.15) is 0 Å². The lowest BCUT2D eigenvalue weighted by Gasteiger charge is -2.31. The molecule has 0 aromatic heterocycles. The van der Waals surface area contributed by atoms with E-state index in [1.54, 1.807) is 19.6 Å². The average molecular weight is 410 g/mol. The highest BCUT2D eigenvalue weighted by Crippen LogP contribution is 2.45. The van der Waals surface area contributed by atoms with Crippen molar-refractivity contribution in [3.05, 3.63) is 12.1 Å². The third-order valence-corrected chi connectivity index (χ3v) is 6.53. The fourth-order valence-electron chi connectivity index (χ4n) is 5.03. The quantitative estimate of drug-likeness (QED) is 0.762. The molecule has 1 aromatic carbocycles. The zero-order valence-corrected chi connectivity index (χ0v) is 17.1. The van der Waals surface area contributed by atoms with Crippen molar-refractivity contribution in [1.82, 2.24) is 0 Å². The molecule has 0 radical (unpaired) electrons. The molecule has 8 heteroatoms. The lowest BCUT2D eigenvalue weighted by molar-refractivity contribution is -0.118. The van der Waals surface area contributed by atoms with Crippen molar-refractivity contribution in [2.45, 2.75) is 51.4 Å². The molecule has 4 fully saturated rings. The Morgan fingerprint density at radius 2 is 0.667 bits per heavy atom. The van der Waals surface area contributed by atoms with Gasteiger partial charge >= 0.3 is 0 Å². The number of rotatable bonds is 4. The number of hydrogen-bond donors (Lipinski definition) is 0. The number of anilines is 4. The molecule has 5 rings (SSSR count). The summed E-state index contributed by atoms with van der Waals surface area (Å²) >= 11 is 0.